The van der Waals surface area contributed by atoms with Crippen molar-refractivity contribution in [2.24, 2.45) is 0 Å². The van der Waals surface area contributed by atoms with Crippen molar-refractivity contribution in [3.63, 3.8) is 0 Å². The molecule has 0 fully saturated rings. The van der Waals surface area contributed by atoms with Crippen LogP contribution in [0.1, 0.15) is 30.9 Å². The summed E-state index contributed by atoms with van der Waals surface area (Å²) in [6.07, 6.45) is -0.924. The van der Waals surface area contributed by atoms with E-state index in [9.17, 15) is 13.2 Å². The van der Waals surface area contributed by atoms with E-state index < -0.39 is 11.7 Å². The molecule has 3 heteroatoms. The number of alkyl halides is 3. The molecule has 0 aliphatic heterocycles. The minimum absolute atomic E-state index is 0.610. The van der Waals surface area contributed by atoms with Gasteiger partial charge in [0.2, 0.25) is 0 Å². The molecule has 20 heavy (non-hydrogen) atoms. The molecule has 0 aliphatic rings. The lowest BCUT2D eigenvalue weighted by molar-refractivity contribution is -0.137. The Balaban J connectivity index is 2.15. The highest BCUT2D eigenvalue weighted by Crippen LogP contribution is 2.31. The molecule has 0 spiro atoms. The Hall–Kier alpha value is -1.77. The Morgan fingerprint density at radius 1 is 0.800 bits per heavy atom. The van der Waals surface area contributed by atoms with Crippen LogP contribution >= 0.6 is 0 Å². The minimum Gasteiger partial charge on any atom is -0.166 e. The third-order valence-corrected chi connectivity index (χ3v) is 3.32. The van der Waals surface area contributed by atoms with Crippen LogP contribution in [-0.2, 0) is 12.6 Å². The van der Waals surface area contributed by atoms with Gasteiger partial charge >= 0.3 is 6.18 Å². The van der Waals surface area contributed by atoms with Crippen LogP contribution < -0.4 is 0 Å². The molecule has 106 valence electrons. The van der Waals surface area contributed by atoms with Gasteiger partial charge in [0, 0.05) is 0 Å². The lowest BCUT2D eigenvalue weighted by Gasteiger charge is -2.08. The van der Waals surface area contributed by atoms with Gasteiger partial charge in [-0.1, -0.05) is 49.7 Å². The Morgan fingerprint density at radius 2 is 1.30 bits per heavy atom. The molecular weight excluding hydrogens is 261 g/mol. The summed E-state index contributed by atoms with van der Waals surface area (Å²) >= 11 is 0. The third kappa shape index (κ3) is 3.62. The van der Waals surface area contributed by atoms with Gasteiger partial charge in [-0.05, 0) is 41.7 Å². The van der Waals surface area contributed by atoms with Crippen LogP contribution in [-0.4, -0.2) is 0 Å². The van der Waals surface area contributed by atoms with E-state index in [1.807, 2.05) is 24.3 Å². The summed E-state index contributed by atoms with van der Waals surface area (Å²) in [5, 5.41) is 0. The average Bonchev–Trinajstić information content (AvgIpc) is 2.45. The van der Waals surface area contributed by atoms with Crippen LogP contribution in [0, 0.1) is 0 Å². The van der Waals surface area contributed by atoms with Crippen molar-refractivity contribution in [3.05, 3.63) is 59.7 Å². The van der Waals surface area contributed by atoms with Crippen molar-refractivity contribution in [1.29, 1.82) is 0 Å². The highest BCUT2D eigenvalue weighted by molar-refractivity contribution is 5.64. The van der Waals surface area contributed by atoms with E-state index in [0.29, 0.717) is 0 Å². The minimum atomic E-state index is -4.28. The molecule has 0 aliphatic carbocycles. The first kappa shape index (κ1) is 14.6. The number of aryl methyl sites for hydroxylation is 1. The molecule has 0 N–H and O–H groups in total. The summed E-state index contributed by atoms with van der Waals surface area (Å²) in [5.41, 5.74) is 2.40. The molecule has 0 bridgehead atoms. The first-order valence-corrected chi connectivity index (χ1v) is 6.77. The first-order chi connectivity index (χ1) is 9.50. The van der Waals surface area contributed by atoms with Crippen molar-refractivity contribution in [2.45, 2.75) is 32.4 Å². The van der Waals surface area contributed by atoms with Crippen LogP contribution in [0.3, 0.4) is 0 Å². The number of hydrogen-bond acceptors (Lipinski definition) is 0. The van der Waals surface area contributed by atoms with Crippen LogP contribution in [0.5, 0.6) is 0 Å². The molecule has 2 rings (SSSR count). The molecular formula is C17H17F3. The van der Waals surface area contributed by atoms with Crippen LogP contribution in [0.15, 0.2) is 48.5 Å². The summed E-state index contributed by atoms with van der Waals surface area (Å²) < 4.78 is 37.5. The molecule has 0 amide bonds. The lowest BCUT2D eigenvalue weighted by atomic mass is 10.0. The number of hydrogen-bond donors (Lipinski definition) is 0. The van der Waals surface area contributed by atoms with Gasteiger partial charge in [0.25, 0.3) is 0 Å². The van der Waals surface area contributed by atoms with Gasteiger partial charge in [-0.3, -0.25) is 0 Å². The molecule has 2 aromatic rings. The monoisotopic (exact) mass is 278 g/mol. The van der Waals surface area contributed by atoms with Crippen molar-refractivity contribution in [1.82, 2.24) is 0 Å². The topological polar surface area (TPSA) is 0 Å². The molecule has 0 nitrogen and oxygen atoms in total. The van der Waals surface area contributed by atoms with Gasteiger partial charge in [0.1, 0.15) is 0 Å². The number of halogens is 3. The molecule has 0 unspecified atom stereocenters. The van der Waals surface area contributed by atoms with E-state index in [1.165, 1.54) is 17.7 Å². The Morgan fingerprint density at radius 3 is 1.75 bits per heavy atom. The van der Waals surface area contributed by atoms with E-state index in [4.69, 9.17) is 0 Å². The van der Waals surface area contributed by atoms with Gasteiger partial charge in [-0.15, -0.1) is 0 Å². The Kier molecular flexibility index (Phi) is 4.48. The van der Waals surface area contributed by atoms with E-state index >= 15 is 0 Å². The van der Waals surface area contributed by atoms with E-state index in [1.54, 1.807) is 0 Å². The van der Waals surface area contributed by atoms with Crippen molar-refractivity contribution >= 4 is 0 Å². The van der Waals surface area contributed by atoms with Gasteiger partial charge in [0.05, 0.1) is 5.56 Å². The summed E-state index contributed by atoms with van der Waals surface area (Å²) in [5.74, 6) is 0. The lowest BCUT2D eigenvalue weighted by Crippen LogP contribution is -2.03. The van der Waals surface area contributed by atoms with Crippen molar-refractivity contribution in [3.8, 4) is 11.1 Å². The van der Waals surface area contributed by atoms with Crippen LogP contribution in [0.2, 0.25) is 0 Å². The normalized spacial score (nSPS) is 11.6. The van der Waals surface area contributed by atoms with Crippen molar-refractivity contribution < 1.29 is 13.2 Å². The smallest absolute Gasteiger partial charge is 0.166 e. The first-order valence-electron chi connectivity index (χ1n) is 6.77. The maximum Gasteiger partial charge on any atom is 0.416 e. The zero-order valence-corrected chi connectivity index (χ0v) is 11.4. The summed E-state index contributed by atoms with van der Waals surface area (Å²) in [6.45, 7) is 2.15. The molecule has 0 saturated carbocycles. The zero-order chi connectivity index (χ0) is 14.6. The SMILES string of the molecule is CCCCc1ccc(-c2ccc(C(F)(F)F)cc2)cc1. The highest BCUT2D eigenvalue weighted by Gasteiger charge is 2.29. The maximum absolute atomic E-state index is 12.5. The van der Waals surface area contributed by atoms with E-state index in [2.05, 4.69) is 6.92 Å². The van der Waals surface area contributed by atoms with Crippen LogP contribution in [0.4, 0.5) is 13.2 Å². The number of benzene rings is 2. The van der Waals surface area contributed by atoms with Gasteiger partial charge in [-0.2, -0.15) is 13.2 Å². The second-order valence-electron chi connectivity index (χ2n) is 4.88. The third-order valence-electron chi connectivity index (χ3n) is 3.32. The Labute approximate surface area is 117 Å². The number of rotatable bonds is 4. The summed E-state index contributed by atoms with van der Waals surface area (Å²) in [4.78, 5) is 0. The van der Waals surface area contributed by atoms with Gasteiger partial charge in [0.15, 0.2) is 0 Å². The van der Waals surface area contributed by atoms with Gasteiger partial charge in [-0.25, -0.2) is 0 Å². The predicted octanol–water partition coefficient (Wildman–Crippen LogP) is 5.72. The quantitative estimate of drug-likeness (QED) is 0.671. The second kappa shape index (κ2) is 6.12. The summed E-state index contributed by atoms with van der Waals surface area (Å²) in [7, 11) is 0. The van der Waals surface area contributed by atoms with E-state index in [0.717, 1.165) is 42.5 Å². The fourth-order valence-corrected chi connectivity index (χ4v) is 2.10. The van der Waals surface area contributed by atoms with Crippen molar-refractivity contribution in [2.75, 3.05) is 0 Å². The average molecular weight is 278 g/mol. The standard InChI is InChI=1S/C17H17F3/c1-2-3-4-13-5-7-14(8-6-13)15-9-11-16(12-10-15)17(18,19)20/h5-12H,2-4H2,1H3. The molecule has 0 aromatic heterocycles. The fourth-order valence-electron chi connectivity index (χ4n) is 2.10. The predicted molar refractivity (Wildman–Crippen MR) is 75.5 cm³/mol. The molecule has 0 radical (unpaired) electrons. The zero-order valence-electron chi connectivity index (χ0n) is 11.4. The largest absolute Gasteiger partial charge is 0.416 e. The second-order valence-corrected chi connectivity index (χ2v) is 4.88. The molecule has 0 heterocycles. The summed E-state index contributed by atoms with van der Waals surface area (Å²) in [6, 6.07) is 13.3. The molecule has 0 atom stereocenters. The van der Waals surface area contributed by atoms with E-state index in [-0.39, 0.29) is 0 Å². The number of unbranched alkanes of at least 4 members (excludes halogenated alkanes) is 1. The molecule has 2 aromatic carbocycles. The Bertz CT molecular complexity index is 536. The highest BCUT2D eigenvalue weighted by atomic mass is 19.4. The van der Waals surface area contributed by atoms with Crippen LogP contribution in [0.25, 0.3) is 11.1 Å². The van der Waals surface area contributed by atoms with Gasteiger partial charge < -0.3 is 0 Å². The fraction of sp³-hybridized carbons (Fsp3) is 0.294. The molecule has 0 saturated heterocycles. The maximum atomic E-state index is 12.5.